The number of hydrogen-bond donors (Lipinski definition) is 3. The molecule has 4 nitrogen and oxygen atoms in total. The molecule has 3 N–H and O–H groups in total. The molecule has 0 atom stereocenters. The van der Waals surface area contributed by atoms with E-state index in [-0.39, 0.29) is 13.2 Å². The number of aromatic hydroxyl groups is 1. The Bertz CT molecular complexity index is 480. The summed E-state index contributed by atoms with van der Waals surface area (Å²) in [6.45, 7) is 0.342. The van der Waals surface area contributed by atoms with Gasteiger partial charge in [-0.2, -0.15) is 4.39 Å². The van der Waals surface area contributed by atoms with Crippen molar-refractivity contribution < 1.29 is 28.2 Å². The number of phenolic OH excluding ortho intramolecular Hbond substituents is 1. The number of rotatable bonds is 7. The van der Waals surface area contributed by atoms with Crippen molar-refractivity contribution in [1.29, 1.82) is 0 Å². The fourth-order valence-corrected chi connectivity index (χ4v) is 1.64. The molecule has 0 aliphatic rings. The van der Waals surface area contributed by atoms with E-state index in [0.717, 1.165) is 12.8 Å². The summed E-state index contributed by atoms with van der Waals surface area (Å²) < 4.78 is 39.3. The first-order chi connectivity index (χ1) is 9.49. The number of unbranched alkanes of at least 4 members (excludes halogenated alkanes) is 3. The smallest absolute Gasteiger partial charge is 0.254 e. The normalized spacial score (nSPS) is 10.6. The summed E-state index contributed by atoms with van der Waals surface area (Å²) in [4.78, 5) is 11.6. The van der Waals surface area contributed by atoms with Crippen LogP contribution in [-0.2, 0) is 0 Å². The summed E-state index contributed by atoms with van der Waals surface area (Å²) in [6, 6.07) is 0.408. The number of aliphatic hydroxyl groups excluding tert-OH is 1. The Morgan fingerprint density at radius 1 is 1.10 bits per heavy atom. The quantitative estimate of drug-likeness (QED) is 0.532. The van der Waals surface area contributed by atoms with Gasteiger partial charge >= 0.3 is 0 Å². The summed E-state index contributed by atoms with van der Waals surface area (Å²) in [5, 5.41) is 19.9. The molecule has 0 unspecified atom stereocenters. The molecule has 0 saturated heterocycles. The topological polar surface area (TPSA) is 69.6 Å². The molecule has 0 aromatic heterocycles. The molecule has 1 aromatic carbocycles. The lowest BCUT2D eigenvalue weighted by molar-refractivity contribution is 0.0947. The molecule has 1 aromatic rings. The first kappa shape index (κ1) is 16.3. The average molecular weight is 291 g/mol. The van der Waals surface area contributed by atoms with E-state index < -0.39 is 34.7 Å². The van der Waals surface area contributed by atoms with Gasteiger partial charge in [0.05, 0.1) is 5.56 Å². The van der Waals surface area contributed by atoms with E-state index in [9.17, 15) is 18.0 Å². The molecule has 0 aliphatic heterocycles. The van der Waals surface area contributed by atoms with Crippen LogP contribution in [0.5, 0.6) is 5.75 Å². The fraction of sp³-hybridized carbons (Fsp3) is 0.462. The van der Waals surface area contributed by atoms with Gasteiger partial charge in [0, 0.05) is 13.2 Å². The van der Waals surface area contributed by atoms with Crippen molar-refractivity contribution in [2.45, 2.75) is 25.7 Å². The van der Waals surface area contributed by atoms with Gasteiger partial charge in [0.2, 0.25) is 5.82 Å². The standard InChI is InChI=1S/C13H16F3NO3/c14-9-7-8(10(15)12(19)11(9)16)13(20)17-5-3-1-2-4-6-18/h7,18-19H,1-6H2,(H,17,20). The lowest BCUT2D eigenvalue weighted by atomic mass is 10.1. The Balaban J connectivity index is 2.56. The molecular weight excluding hydrogens is 275 g/mol. The van der Waals surface area contributed by atoms with Crippen LogP contribution < -0.4 is 5.32 Å². The SMILES string of the molecule is O=C(NCCCCCCO)c1cc(F)c(F)c(O)c1F. The fourth-order valence-electron chi connectivity index (χ4n) is 1.64. The zero-order chi connectivity index (χ0) is 15.1. The van der Waals surface area contributed by atoms with E-state index in [1.54, 1.807) is 0 Å². The van der Waals surface area contributed by atoms with E-state index in [1.807, 2.05) is 0 Å². The number of carbonyl (C=O) groups is 1. The van der Waals surface area contributed by atoms with Crippen LogP contribution >= 0.6 is 0 Å². The molecule has 7 heteroatoms. The molecule has 0 spiro atoms. The van der Waals surface area contributed by atoms with Gasteiger partial charge in [-0.05, 0) is 18.9 Å². The summed E-state index contributed by atoms with van der Waals surface area (Å²) in [5.74, 6) is -7.11. The van der Waals surface area contributed by atoms with Gasteiger partial charge in [0.1, 0.15) is 0 Å². The van der Waals surface area contributed by atoms with Gasteiger partial charge in [-0.3, -0.25) is 4.79 Å². The highest BCUT2D eigenvalue weighted by atomic mass is 19.2. The predicted octanol–water partition coefficient (Wildman–Crippen LogP) is 2.09. The van der Waals surface area contributed by atoms with Crippen molar-refractivity contribution in [2.75, 3.05) is 13.2 Å². The second kappa shape index (κ2) is 7.74. The van der Waals surface area contributed by atoms with E-state index in [4.69, 9.17) is 10.2 Å². The van der Waals surface area contributed by atoms with Crippen molar-refractivity contribution in [3.05, 3.63) is 29.1 Å². The largest absolute Gasteiger partial charge is 0.503 e. The molecule has 0 aliphatic carbocycles. The molecule has 112 valence electrons. The number of carbonyl (C=O) groups excluding carboxylic acids is 1. The zero-order valence-electron chi connectivity index (χ0n) is 10.8. The van der Waals surface area contributed by atoms with E-state index in [1.165, 1.54) is 0 Å². The van der Waals surface area contributed by atoms with Crippen molar-refractivity contribution in [3.8, 4) is 5.75 Å². The second-order valence-electron chi connectivity index (χ2n) is 4.28. The van der Waals surface area contributed by atoms with Gasteiger partial charge in [-0.15, -0.1) is 0 Å². The third-order valence-electron chi connectivity index (χ3n) is 2.75. The van der Waals surface area contributed by atoms with Crippen LogP contribution in [0.15, 0.2) is 6.07 Å². The maximum atomic E-state index is 13.4. The molecule has 0 fully saturated rings. The van der Waals surface area contributed by atoms with Crippen molar-refractivity contribution in [3.63, 3.8) is 0 Å². The molecular formula is C13H16F3NO3. The monoisotopic (exact) mass is 291 g/mol. The Morgan fingerprint density at radius 3 is 2.40 bits per heavy atom. The molecule has 0 saturated carbocycles. The van der Waals surface area contributed by atoms with Gasteiger partial charge in [0.15, 0.2) is 17.4 Å². The highest BCUT2D eigenvalue weighted by molar-refractivity contribution is 5.94. The Kier molecular flexibility index (Phi) is 6.30. The summed E-state index contributed by atoms with van der Waals surface area (Å²) in [6.07, 6.45) is 2.85. The molecule has 1 rings (SSSR count). The van der Waals surface area contributed by atoms with Gasteiger partial charge in [-0.1, -0.05) is 12.8 Å². The van der Waals surface area contributed by atoms with Crippen LogP contribution in [0.4, 0.5) is 13.2 Å². The number of phenols is 1. The maximum Gasteiger partial charge on any atom is 0.254 e. The van der Waals surface area contributed by atoms with Gasteiger partial charge in [0.25, 0.3) is 5.91 Å². The molecule has 20 heavy (non-hydrogen) atoms. The Labute approximate surface area is 114 Å². The first-order valence-corrected chi connectivity index (χ1v) is 6.24. The zero-order valence-corrected chi connectivity index (χ0v) is 10.8. The minimum Gasteiger partial charge on any atom is -0.503 e. The summed E-state index contributed by atoms with van der Waals surface area (Å²) in [7, 11) is 0. The van der Waals surface area contributed by atoms with Crippen LogP contribution in [0.25, 0.3) is 0 Å². The predicted molar refractivity (Wildman–Crippen MR) is 65.9 cm³/mol. The maximum absolute atomic E-state index is 13.4. The van der Waals surface area contributed by atoms with Crippen LogP contribution in [0.3, 0.4) is 0 Å². The second-order valence-corrected chi connectivity index (χ2v) is 4.28. The number of benzene rings is 1. The Morgan fingerprint density at radius 2 is 1.75 bits per heavy atom. The van der Waals surface area contributed by atoms with Crippen LogP contribution in [0, 0.1) is 17.5 Å². The lowest BCUT2D eigenvalue weighted by Gasteiger charge is -2.08. The Hall–Kier alpha value is -1.76. The highest BCUT2D eigenvalue weighted by Gasteiger charge is 2.22. The minimum absolute atomic E-state index is 0.103. The lowest BCUT2D eigenvalue weighted by Crippen LogP contribution is -2.25. The minimum atomic E-state index is -1.72. The van der Waals surface area contributed by atoms with E-state index >= 15 is 0 Å². The van der Waals surface area contributed by atoms with Gasteiger partial charge < -0.3 is 15.5 Å². The highest BCUT2D eigenvalue weighted by Crippen LogP contribution is 2.25. The van der Waals surface area contributed by atoms with Crippen LogP contribution in [-0.4, -0.2) is 29.3 Å². The van der Waals surface area contributed by atoms with E-state index in [2.05, 4.69) is 5.32 Å². The number of hydrogen-bond acceptors (Lipinski definition) is 3. The van der Waals surface area contributed by atoms with Crippen molar-refractivity contribution >= 4 is 5.91 Å². The molecule has 0 radical (unpaired) electrons. The summed E-state index contributed by atoms with van der Waals surface area (Å²) in [5.41, 5.74) is -0.739. The van der Waals surface area contributed by atoms with Crippen LogP contribution in [0.1, 0.15) is 36.0 Å². The molecule has 0 heterocycles. The van der Waals surface area contributed by atoms with Crippen LogP contribution in [0.2, 0.25) is 0 Å². The molecule has 1 amide bonds. The third-order valence-corrected chi connectivity index (χ3v) is 2.75. The van der Waals surface area contributed by atoms with Crippen molar-refractivity contribution in [1.82, 2.24) is 5.32 Å². The number of nitrogens with one attached hydrogen (secondary N) is 1. The number of halogens is 3. The summed E-state index contributed by atoms with van der Waals surface area (Å²) >= 11 is 0. The van der Waals surface area contributed by atoms with Crippen molar-refractivity contribution in [2.24, 2.45) is 0 Å². The van der Waals surface area contributed by atoms with E-state index in [0.29, 0.717) is 18.9 Å². The van der Waals surface area contributed by atoms with Gasteiger partial charge in [-0.25, -0.2) is 8.78 Å². The molecule has 0 bridgehead atoms. The average Bonchev–Trinajstić information content (AvgIpc) is 2.44. The number of amides is 1. The first-order valence-electron chi connectivity index (χ1n) is 6.24. The number of aliphatic hydroxyl groups is 1. The third kappa shape index (κ3) is 4.12.